The Balaban J connectivity index is 2.47. The van der Waals surface area contributed by atoms with Gasteiger partial charge < -0.3 is 15.6 Å². The van der Waals surface area contributed by atoms with E-state index < -0.39 is 18.0 Å². The molecule has 0 spiro atoms. The number of nitrogens with zero attached hydrogens (tertiary/aromatic N) is 1. The van der Waals surface area contributed by atoms with Gasteiger partial charge in [0.05, 0.1) is 5.92 Å². The van der Waals surface area contributed by atoms with Gasteiger partial charge in [-0.15, -0.1) is 0 Å². The van der Waals surface area contributed by atoms with Crippen LogP contribution in [-0.2, 0) is 9.53 Å². The fraction of sp³-hybridized carbons (Fsp3) is 0.167. The predicted octanol–water partition coefficient (Wildman–Crippen LogP) is 1.60. The number of carboxylic acid groups (broad SMARTS) is 1. The molecule has 0 bridgehead atoms. The summed E-state index contributed by atoms with van der Waals surface area (Å²) in [6.45, 7) is 0. The molecule has 0 radical (unpaired) electrons. The number of halogens is 1. The molecule has 0 saturated carbocycles. The average molecular weight is 265 g/mol. The summed E-state index contributed by atoms with van der Waals surface area (Å²) in [6.07, 6.45) is -1.18. The molecule has 0 aromatic heterocycles. The summed E-state index contributed by atoms with van der Waals surface area (Å²) in [4.78, 5) is 11.1. The van der Waals surface area contributed by atoms with Crippen molar-refractivity contribution in [2.45, 2.75) is 12.0 Å². The van der Waals surface area contributed by atoms with Gasteiger partial charge in [-0.25, -0.2) is 4.79 Å². The number of rotatable bonds is 2. The number of hydrogen-bond donors (Lipinski definition) is 2. The van der Waals surface area contributed by atoms with E-state index in [1.54, 1.807) is 24.3 Å². The molecule has 3 N–H and O–H groups in total. The van der Waals surface area contributed by atoms with E-state index in [1.165, 1.54) is 0 Å². The second kappa shape index (κ2) is 4.59. The van der Waals surface area contributed by atoms with Crippen LogP contribution in [0.1, 0.15) is 11.5 Å². The molecule has 0 fully saturated rings. The number of carboxylic acids is 1. The Morgan fingerprint density at radius 3 is 2.56 bits per heavy atom. The predicted molar refractivity (Wildman–Crippen MR) is 63.5 cm³/mol. The molecule has 1 aromatic rings. The molecule has 1 aliphatic heterocycles. The number of hydrogen-bond acceptors (Lipinski definition) is 4. The van der Waals surface area contributed by atoms with Crippen LogP contribution in [0.4, 0.5) is 0 Å². The summed E-state index contributed by atoms with van der Waals surface area (Å²) >= 11 is 5.77. The van der Waals surface area contributed by atoms with Gasteiger partial charge in [-0.2, -0.15) is 5.26 Å². The largest absolute Gasteiger partial charge is 0.478 e. The van der Waals surface area contributed by atoms with Gasteiger partial charge in [-0.3, -0.25) is 0 Å². The first kappa shape index (κ1) is 12.3. The van der Waals surface area contributed by atoms with Crippen molar-refractivity contribution in [2.75, 3.05) is 0 Å². The normalized spacial score (nSPS) is 22.4. The van der Waals surface area contributed by atoms with Gasteiger partial charge in [0.25, 0.3) is 0 Å². The molecular formula is C12H9ClN2O3. The van der Waals surface area contributed by atoms with Crippen LogP contribution in [0.5, 0.6) is 0 Å². The summed E-state index contributed by atoms with van der Waals surface area (Å²) in [5, 5.41) is 18.7. The molecule has 1 heterocycles. The Kier molecular flexibility index (Phi) is 3.13. The number of nitrogens with two attached hydrogens (primary N) is 1. The molecule has 2 atom stereocenters. The molecule has 0 aliphatic carbocycles. The fourth-order valence-corrected chi connectivity index (χ4v) is 2.03. The zero-order valence-corrected chi connectivity index (χ0v) is 9.89. The number of benzene rings is 1. The number of aliphatic carboxylic acids is 1. The molecule has 0 amide bonds. The van der Waals surface area contributed by atoms with Crippen molar-refractivity contribution < 1.29 is 14.6 Å². The minimum absolute atomic E-state index is 0.129. The summed E-state index contributed by atoms with van der Waals surface area (Å²) in [5.74, 6) is -2.00. The number of ether oxygens (including phenoxy) is 1. The van der Waals surface area contributed by atoms with E-state index in [4.69, 9.17) is 32.4 Å². The van der Waals surface area contributed by atoms with E-state index in [0.717, 1.165) is 0 Å². The molecular weight excluding hydrogens is 256 g/mol. The van der Waals surface area contributed by atoms with Crippen molar-refractivity contribution in [3.8, 4) is 6.07 Å². The standard InChI is InChI=1S/C12H9ClN2O3/c13-7-3-1-6(2-4-7)9-8(5-14)11(15)18-10(9)12(16)17/h1-4,9-10H,15H2,(H,16,17)/t9-,10-/m1/s1. The topological polar surface area (TPSA) is 96.3 Å². The highest BCUT2D eigenvalue weighted by Gasteiger charge is 2.42. The summed E-state index contributed by atoms with van der Waals surface area (Å²) in [6, 6.07) is 8.45. The third kappa shape index (κ3) is 1.98. The van der Waals surface area contributed by atoms with Gasteiger partial charge in [0.15, 0.2) is 5.88 Å². The first-order valence-electron chi connectivity index (χ1n) is 5.09. The van der Waals surface area contributed by atoms with Gasteiger partial charge in [0.1, 0.15) is 11.6 Å². The smallest absolute Gasteiger partial charge is 0.346 e. The van der Waals surface area contributed by atoms with Crippen LogP contribution < -0.4 is 5.73 Å². The molecule has 18 heavy (non-hydrogen) atoms. The lowest BCUT2D eigenvalue weighted by Crippen LogP contribution is -2.27. The van der Waals surface area contributed by atoms with Crippen molar-refractivity contribution in [2.24, 2.45) is 5.73 Å². The molecule has 1 aliphatic rings. The van der Waals surface area contributed by atoms with Crippen LogP contribution in [0.3, 0.4) is 0 Å². The van der Waals surface area contributed by atoms with Crippen molar-refractivity contribution in [3.05, 3.63) is 46.3 Å². The SMILES string of the molecule is N#CC1=C(N)O[C@@H](C(=O)O)[C@@H]1c1ccc(Cl)cc1. The van der Waals surface area contributed by atoms with Crippen molar-refractivity contribution in [3.63, 3.8) is 0 Å². The van der Waals surface area contributed by atoms with E-state index in [2.05, 4.69) is 0 Å². The van der Waals surface area contributed by atoms with Crippen LogP contribution in [0.2, 0.25) is 5.02 Å². The molecule has 0 saturated heterocycles. The van der Waals surface area contributed by atoms with Gasteiger partial charge in [0, 0.05) is 5.02 Å². The van der Waals surface area contributed by atoms with Gasteiger partial charge in [0.2, 0.25) is 6.10 Å². The Labute approximate surface area is 108 Å². The van der Waals surface area contributed by atoms with E-state index in [1.807, 2.05) is 6.07 Å². The third-order valence-corrected chi connectivity index (χ3v) is 2.98. The van der Waals surface area contributed by atoms with E-state index in [0.29, 0.717) is 10.6 Å². The maximum absolute atomic E-state index is 11.1. The highest BCUT2D eigenvalue weighted by atomic mass is 35.5. The quantitative estimate of drug-likeness (QED) is 0.846. The van der Waals surface area contributed by atoms with Gasteiger partial charge >= 0.3 is 5.97 Å². The minimum atomic E-state index is -1.18. The van der Waals surface area contributed by atoms with Crippen LogP contribution in [0.25, 0.3) is 0 Å². The van der Waals surface area contributed by atoms with E-state index in [9.17, 15) is 4.79 Å². The van der Waals surface area contributed by atoms with Crippen molar-refractivity contribution in [1.29, 1.82) is 5.26 Å². The monoisotopic (exact) mass is 264 g/mol. The highest BCUT2D eigenvalue weighted by molar-refractivity contribution is 6.30. The Morgan fingerprint density at radius 2 is 2.06 bits per heavy atom. The third-order valence-electron chi connectivity index (χ3n) is 2.73. The van der Waals surface area contributed by atoms with E-state index in [-0.39, 0.29) is 11.5 Å². The molecule has 92 valence electrons. The lowest BCUT2D eigenvalue weighted by molar-refractivity contribution is -0.147. The molecule has 1 aromatic carbocycles. The van der Waals surface area contributed by atoms with Crippen LogP contribution in [0.15, 0.2) is 35.7 Å². The van der Waals surface area contributed by atoms with E-state index >= 15 is 0 Å². The Morgan fingerprint density at radius 1 is 1.44 bits per heavy atom. The second-order valence-electron chi connectivity index (χ2n) is 3.80. The van der Waals surface area contributed by atoms with Crippen LogP contribution in [0, 0.1) is 11.3 Å². The molecule has 5 nitrogen and oxygen atoms in total. The maximum Gasteiger partial charge on any atom is 0.346 e. The lowest BCUT2D eigenvalue weighted by atomic mass is 9.88. The fourth-order valence-electron chi connectivity index (χ4n) is 1.90. The average Bonchev–Trinajstić information content (AvgIpc) is 2.67. The molecule has 2 rings (SSSR count). The van der Waals surface area contributed by atoms with Gasteiger partial charge in [-0.05, 0) is 17.7 Å². The summed E-state index contributed by atoms with van der Waals surface area (Å²) in [7, 11) is 0. The summed E-state index contributed by atoms with van der Waals surface area (Å²) in [5.41, 5.74) is 6.28. The van der Waals surface area contributed by atoms with Gasteiger partial charge in [-0.1, -0.05) is 23.7 Å². The summed E-state index contributed by atoms with van der Waals surface area (Å²) < 4.78 is 5.03. The van der Waals surface area contributed by atoms with Crippen molar-refractivity contribution in [1.82, 2.24) is 0 Å². The molecule has 6 heteroatoms. The van der Waals surface area contributed by atoms with Crippen LogP contribution >= 0.6 is 11.6 Å². The second-order valence-corrected chi connectivity index (χ2v) is 4.23. The Bertz CT molecular complexity index is 560. The number of carbonyl (C=O) groups is 1. The Hall–Kier alpha value is -2.19. The number of nitriles is 1. The first-order chi connectivity index (χ1) is 8.54. The zero-order chi connectivity index (χ0) is 13.3. The lowest BCUT2D eigenvalue weighted by Gasteiger charge is -2.15. The minimum Gasteiger partial charge on any atom is -0.478 e. The molecule has 0 unspecified atom stereocenters. The first-order valence-corrected chi connectivity index (χ1v) is 5.47. The highest BCUT2D eigenvalue weighted by Crippen LogP contribution is 2.37. The zero-order valence-electron chi connectivity index (χ0n) is 9.13. The van der Waals surface area contributed by atoms with Crippen molar-refractivity contribution >= 4 is 17.6 Å². The maximum atomic E-state index is 11.1. The van der Waals surface area contributed by atoms with Crippen LogP contribution in [-0.4, -0.2) is 17.2 Å².